The lowest BCUT2D eigenvalue weighted by Crippen LogP contribution is -2.51. The summed E-state index contributed by atoms with van der Waals surface area (Å²) in [4.78, 5) is 15.8. The number of rotatable bonds is 6. The monoisotopic (exact) mass is 493 g/mol. The molecule has 0 amide bonds. The van der Waals surface area contributed by atoms with Crippen molar-refractivity contribution in [2.24, 2.45) is 0 Å². The molecule has 0 spiro atoms. The third-order valence-electron chi connectivity index (χ3n) is 6.80. The normalized spacial score (nSPS) is 19.6. The van der Waals surface area contributed by atoms with Gasteiger partial charge in [0, 0.05) is 60.4 Å². The van der Waals surface area contributed by atoms with Crippen LogP contribution in [0.15, 0.2) is 42.6 Å². The second kappa shape index (κ2) is 9.18. The first-order valence-corrected chi connectivity index (χ1v) is 12.3. The molecule has 4 aromatic rings. The van der Waals surface area contributed by atoms with Crippen molar-refractivity contribution in [2.75, 3.05) is 31.2 Å². The predicted octanol–water partition coefficient (Wildman–Crippen LogP) is 4.34. The lowest BCUT2D eigenvalue weighted by molar-refractivity contribution is 0.224. The van der Waals surface area contributed by atoms with Gasteiger partial charge in [-0.1, -0.05) is 41.9 Å². The predicted molar refractivity (Wildman–Crippen MR) is 135 cm³/mol. The Bertz CT molecular complexity index is 1400. The molecule has 7 nitrogen and oxygen atoms in total. The number of hydrogen-bond donors (Lipinski definition) is 2. The summed E-state index contributed by atoms with van der Waals surface area (Å²) in [6.07, 6.45) is 4.32. The lowest BCUT2D eigenvalue weighted by Gasteiger charge is -2.34. The molecule has 2 atom stereocenters. The minimum absolute atomic E-state index is 0.00807. The standard InChI is InChI=1S/C26H25ClFN5O2/c27-20-7-2-5-15-4-1-6-18(21(15)20)23-22(28)24-19(12-29-23)25(32-26(31-24)35-11-3-10-34)33-13-16-8-9-17(14-33)30-16/h1-2,4-7,12,16-17,30,34H,3,8-11,13-14H2. The molecule has 0 saturated carbocycles. The molecule has 2 N–H and O–H groups in total. The van der Waals surface area contributed by atoms with Crippen molar-refractivity contribution >= 4 is 39.1 Å². The molecule has 2 unspecified atom stereocenters. The van der Waals surface area contributed by atoms with E-state index in [4.69, 9.17) is 21.4 Å². The second-order valence-corrected chi connectivity index (χ2v) is 9.53. The van der Waals surface area contributed by atoms with Crippen LogP contribution in [0.2, 0.25) is 5.02 Å². The van der Waals surface area contributed by atoms with Gasteiger partial charge in [-0.25, -0.2) is 4.39 Å². The van der Waals surface area contributed by atoms with Crippen LogP contribution in [0.4, 0.5) is 10.2 Å². The Balaban J connectivity index is 1.52. The van der Waals surface area contributed by atoms with E-state index < -0.39 is 5.82 Å². The number of hydrogen-bond acceptors (Lipinski definition) is 7. The van der Waals surface area contributed by atoms with Crippen LogP contribution in [0.3, 0.4) is 0 Å². The van der Waals surface area contributed by atoms with Crippen molar-refractivity contribution in [3.8, 4) is 17.3 Å². The second-order valence-electron chi connectivity index (χ2n) is 9.12. The lowest BCUT2D eigenvalue weighted by atomic mass is 10.0. The Labute approximate surface area is 206 Å². The summed E-state index contributed by atoms with van der Waals surface area (Å²) < 4.78 is 21.9. The molecule has 35 heavy (non-hydrogen) atoms. The fraction of sp³-hybridized carbons (Fsp3) is 0.346. The molecule has 2 aliphatic rings. The highest BCUT2D eigenvalue weighted by Crippen LogP contribution is 2.38. The van der Waals surface area contributed by atoms with E-state index in [1.165, 1.54) is 0 Å². The van der Waals surface area contributed by atoms with Gasteiger partial charge in [-0.2, -0.15) is 9.97 Å². The minimum Gasteiger partial charge on any atom is -0.463 e. The van der Waals surface area contributed by atoms with E-state index in [9.17, 15) is 0 Å². The molecular formula is C26H25ClFN5O2. The van der Waals surface area contributed by atoms with Crippen molar-refractivity contribution < 1.29 is 14.2 Å². The zero-order chi connectivity index (χ0) is 23.9. The number of fused-ring (bicyclic) bond motifs is 4. The summed E-state index contributed by atoms with van der Waals surface area (Å²) in [5, 5.41) is 15.5. The van der Waals surface area contributed by atoms with E-state index >= 15 is 4.39 Å². The van der Waals surface area contributed by atoms with Gasteiger partial charge in [0.25, 0.3) is 0 Å². The highest BCUT2D eigenvalue weighted by molar-refractivity contribution is 6.36. The van der Waals surface area contributed by atoms with Gasteiger partial charge in [-0.05, 0) is 24.3 Å². The van der Waals surface area contributed by atoms with Crippen LogP contribution in [0.25, 0.3) is 32.9 Å². The summed E-state index contributed by atoms with van der Waals surface area (Å²) >= 11 is 6.51. The van der Waals surface area contributed by atoms with Gasteiger partial charge in [0.05, 0.1) is 12.0 Å². The average Bonchev–Trinajstić information content (AvgIpc) is 3.21. The maximum atomic E-state index is 16.2. The molecule has 9 heteroatoms. The Kier molecular flexibility index (Phi) is 5.88. The smallest absolute Gasteiger partial charge is 0.319 e. The van der Waals surface area contributed by atoms with Gasteiger partial charge in [-0.3, -0.25) is 4.98 Å². The van der Waals surface area contributed by atoms with Gasteiger partial charge < -0.3 is 20.1 Å². The number of aromatic nitrogens is 3. The van der Waals surface area contributed by atoms with Crippen molar-refractivity contribution in [2.45, 2.75) is 31.3 Å². The quantitative estimate of drug-likeness (QED) is 0.386. The molecule has 4 heterocycles. The number of benzene rings is 2. The summed E-state index contributed by atoms with van der Waals surface area (Å²) in [7, 11) is 0. The zero-order valence-corrected chi connectivity index (χ0v) is 19.8. The molecule has 2 saturated heterocycles. The van der Waals surface area contributed by atoms with Crippen LogP contribution in [0.5, 0.6) is 6.01 Å². The number of piperazine rings is 1. The van der Waals surface area contributed by atoms with Gasteiger partial charge in [0.15, 0.2) is 5.82 Å². The van der Waals surface area contributed by atoms with E-state index in [1.807, 2.05) is 30.3 Å². The maximum Gasteiger partial charge on any atom is 0.319 e. The first kappa shape index (κ1) is 22.4. The van der Waals surface area contributed by atoms with Gasteiger partial charge in [0.1, 0.15) is 17.0 Å². The molecule has 2 aromatic carbocycles. The number of ether oxygens (including phenoxy) is 1. The Morgan fingerprint density at radius 1 is 1.11 bits per heavy atom. The maximum absolute atomic E-state index is 16.2. The van der Waals surface area contributed by atoms with Gasteiger partial charge >= 0.3 is 6.01 Å². The Hall–Kier alpha value is -3.07. The first-order chi connectivity index (χ1) is 17.1. The van der Waals surface area contributed by atoms with Gasteiger partial charge in [0.2, 0.25) is 0 Å². The Morgan fingerprint density at radius 2 is 1.89 bits per heavy atom. The third-order valence-corrected chi connectivity index (χ3v) is 7.12. The zero-order valence-electron chi connectivity index (χ0n) is 19.0. The average molecular weight is 494 g/mol. The number of pyridine rings is 1. The van der Waals surface area contributed by atoms with E-state index in [2.05, 4.69) is 25.2 Å². The van der Waals surface area contributed by atoms with Crippen LogP contribution >= 0.6 is 11.6 Å². The number of aliphatic hydroxyl groups is 1. The number of anilines is 1. The Morgan fingerprint density at radius 3 is 2.66 bits per heavy atom. The van der Waals surface area contributed by atoms with E-state index in [1.54, 1.807) is 12.3 Å². The molecule has 6 rings (SSSR count). The minimum atomic E-state index is -0.538. The van der Waals surface area contributed by atoms with Crippen LogP contribution in [0.1, 0.15) is 19.3 Å². The van der Waals surface area contributed by atoms with Crippen molar-refractivity contribution in [1.82, 2.24) is 20.3 Å². The van der Waals surface area contributed by atoms with Crippen LogP contribution in [0, 0.1) is 5.82 Å². The summed E-state index contributed by atoms with van der Waals surface area (Å²) in [6, 6.07) is 12.1. The summed E-state index contributed by atoms with van der Waals surface area (Å²) in [5.41, 5.74) is 0.951. The highest BCUT2D eigenvalue weighted by Gasteiger charge is 2.34. The summed E-state index contributed by atoms with van der Waals surface area (Å²) in [5.74, 6) is 0.0879. The molecule has 180 valence electrons. The van der Waals surface area contributed by atoms with Crippen LogP contribution in [-0.2, 0) is 0 Å². The van der Waals surface area contributed by atoms with Crippen molar-refractivity contribution in [3.63, 3.8) is 0 Å². The van der Waals surface area contributed by atoms with Crippen molar-refractivity contribution in [3.05, 3.63) is 53.4 Å². The molecule has 0 radical (unpaired) electrons. The van der Waals surface area contributed by atoms with E-state index in [0.717, 1.165) is 36.7 Å². The topological polar surface area (TPSA) is 83.4 Å². The number of aliphatic hydroxyl groups excluding tert-OH is 1. The molecule has 2 fully saturated rings. The van der Waals surface area contributed by atoms with Crippen LogP contribution < -0.4 is 15.0 Å². The van der Waals surface area contributed by atoms with Gasteiger partial charge in [-0.15, -0.1) is 0 Å². The third kappa shape index (κ3) is 4.05. The first-order valence-electron chi connectivity index (χ1n) is 11.9. The molecule has 2 aromatic heterocycles. The van der Waals surface area contributed by atoms with E-state index in [-0.39, 0.29) is 30.4 Å². The molecular weight excluding hydrogens is 469 g/mol. The number of nitrogens with one attached hydrogen (secondary N) is 1. The summed E-state index contributed by atoms with van der Waals surface area (Å²) in [6.45, 7) is 1.79. The van der Waals surface area contributed by atoms with Crippen molar-refractivity contribution in [1.29, 1.82) is 0 Å². The fourth-order valence-electron chi connectivity index (χ4n) is 5.21. The largest absolute Gasteiger partial charge is 0.463 e. The van der Waals surface area contributed by atoms with E-state index in [0.29, 0.717) is 40.3 Å². The SMILES string of the molecule is OCCCOc1nc(N2CC3CCC(C2)N3)c2cnc(-c3cccc4cccc(Cl)c34)c(F)c2n1. The fourth-order valence-corrected chi connectivity index (χ4v) is 5.49. The van der Waals surface area contributed by atoms with Crippen LogP contribution in [-0.4, -0.2) is 58.4 Å². The number of halogens is 2. The molecule has 2 bridgehead atoms. The number of nitrogens with zero attached hydrogens (tertiary/aromatic N) is 4. The molecule has 0 aliphatic carbocycles. The highest BCUT2D eigenvalue weighted by atomic mass is 35.5. The molecule has 2 aliphatic heterocycles.